The van der Waals surface area contributed by atoms with E-state index >= 15 is 0 Å². The molecule has 5 nitrogen and oxygen atoms in total. The Morgan fingerprint density at radius 2 is 2.22 bits per heavy atom. The molecule has 1 aliphatic rings. The summed E-state index contributed by atoms with van der Waals surface area (Å²) < 4.78 is 5.21. The summed E-state index contributed by atoms with van der Waals surface area (Å²) in [5, 5.41) is 6.93. The zero-order valence-corrected chi connectivity index (χ0v) is 11.5. The molecule has 18 heavy (non-hydrogen) atoms. The fourth-order valence-corrected chi connectivity index (χ4v) is 2.61. The number of nitrogens with zero attached hydrogens (tertiary/aromatic N) is 2. The standard InChI is InChI=1S/C13H21N3O2/c1-8(2)14-13(17)16-7-5-6-11(16)12-9(3)15-18-10(12)4/h8,11H,5-7H2,1-4H3,(H,14,17)/t11-/m0/s1. The summed E-state index contributed by atoms with van der Waals surface area (Å²) in [6.45, 7) is 8.58. The van der Waals surface area contributed by atoms with Crippen LogP contribution < -0.4 is 5.32 Å². The number of urea groups is 1. The van der Waals surface area contributed by atoms with Gasteiger partial charge in [0.15, 0.2) is 0 Å². The third kappa shape index (κ3) is 2.35. The van der Waals surface area contributed by atoms with Gasteiger partial charge in [0, 0.05) is 18.2 Å². The summed E-state index contributed by atoms with van der Waals surface area (Å²) in [5.74, 6) is 0.821. The highest BCUT2D eigenvalue weighted by Gasteiger charge is 2.33. The van der Waals surface area contributed by atoms with Crippen LogP contribution >= 0.6 is 0 Å². The molecule has 0 saturated carbocycles. The van der Waals surface area contributed by atoms with E-state index in [0.717, 1.165) is 36.4 Å². The number of nitrogens with one attached hydrogen (secondary N) is 1. The van der Waals surface area contributed by atoms with E-state index < -0.39 is 0 Å². The van der Waals surface area contributed by atoms with Crippen LogP contribution in [0.4, 0.5) is 4.79 Å². The monoisotopic (exact) mass is 251 g/mol. The molecule has 0 aliphatic carbocycles. The van der Waals surface area contributed by atoms with Gasteiger partial charge in [0.25, 0.3) is 0 Å². The van der Waals surface area contributed by atoms with Crippen molar-refractivity contribution in [1.82, 2.24) is 15.4 Å². The van der Waals surface area contributed by atoms with Crippen LogP contribution in [0, 0.1) is 13.8 Å². The van der Waals surface area contributed by atoms with Gasteiger partial charge in [0.1, 0.15) is 5.76 Å². The SMILES string of the molecule is Cc1noc(C)c1[C@@H]1CCCN1C(=O)NC(C)C. The molecule has 0 spiro atoms. The number of aromatic nitrogens is 1. The van der Waals surface area contributed by atoms with E-state index in [4.69, 9.17) is 4.52 Å². The first kappa shape index (κ1) is 12.9. The van der Waals surface area contributed by atoms with Gasteiger partial charge in [-0.15, -0.1) is 0 Å². The van der Waals surface area contributed by atoms with E-state index in [1.54, 1.807) is 0 Å². The highest BCUT2D eigenvalue weighted by molar-refractivity contribution is 5.75. The molecule has 1 aromatic rings. The van der Waals surface area contributed by atoms with Gasteiger partial charge in [-0.1, -0.05) is 5.16 Å². The molecule has 0 radical (unpaired) electrons. The van der Waals surface area contributed by atoms with E-state index in [2.05, 4.69) is 10.5 Å². The second-order valence-electron chi connectivity index (χ2n) is 5.19. The predicted octanol–water partition coefficient (Wildman–Crippen LogP) is 2.55. The molecule has 1 aromatic heterocycles. The van der Waals surface area contributed by atoms with Crippen LogP contribution in [0.1, 0.15) is 49.7 Å². The van der Waals surface area contributed by atoms with Crippen molar-refractivity contribution in [2.45, 2.75) is 52.6 Å². The maximum Gasteiger partial charge on any atom is 0.318 e. The lowest BCUT2D eigenvalue weighted by atomic mass is 10.0. The summed E-state index contributed by atoms with van der Waals surface area (Å²) in [6, 6.07) is 0.269. The first-order valence-electron chi connectivity index (χ1n) is 6.50. The average Bonchev–Trinajstić information content (AvgIpc) is 2.84. The topological polar surface area (TPSA) is 58.4 Å². The lowest BCUT2D eigenvalue weighted by Gasteiger charge is -2.26. The highest BCUT2D eigenvalue weighted by Crippen LogP contribution is 2.35. The maximum absolute atomic E-state index is 12.1. The average molecular weight is 251 g/mol. The fourth-order valence-electron chi connectivity index (χ4n) is 2.61. The van der Waals surface area contributed by atoms with Crippen molar-refractivity contribution in [3.05, 3.63) is 17.0 Å². The molecular weight excluding hydrogens is 230 g/mol. The number of rotatable bonds is 2. The van der Waals surface area contributed by atoms with Crippen molar-refractivity contribution >= 4 is 6.03 Å². The predicted molar refractivity (Wildman–Crippen MR) is 68.3 cm³/mol. The van der Waals surface area contributed by atoms with Crippen molar-refractivity contribution < 1.29 is 9.32 Å². The number of amides is 2. The quantitative estimate of drug-likeness (QED) is 0.878. The summed E-state index contributed by atoms with van der Waals surface area (Å²) in [4.78, 5) is 14.0. The third-order valence-corrected chi connectivity index (χ3v) is 3.35. The molecular formula is C13H21N3O2. The summed E-state index contributed by atoms with van der Waals surface area (Å²) in [6.07, 6.45) is 2.01. The number of hydrogen-bond acceptors (Lipinski definition) is 3. The molecule has 2 amide bonds. The van der Waals surface area contributed by atoms with Crippen LogP contribution in [0.25, 0.3) is 0 Å². The summed E-state index contributed by atoms with van der Waals surface area (Å²) in [5.41, 5.74) is 1.97. The van der Waals surface area contributed by atoms with Gasteiger partial charge < -0.3 is 14.7 Å². The van der Waals surface area contributed by atoms with E-state index in [0.29, 0.717) is 0 Å². The van der Waals surface area contributed by atoms with Gasteiger partial charge in [0.05, 0.1) is 11.7 Å². The molecule has 2 rings (SSSR count). The Bertz CT molecular complexity index is 420. The molecule has 5 heteroatoms. The Balaban J connectivity index is 2.20. The summed E-state index contributed by atoms with van der Waals surface area (Å²) >= 11 is 0. The smallest absolute Gasteiger partial charge is 0.318 e. The maximum atomic E-state index is 12.1. The molecule has 100 valence electrons. The Kier molecular flexibility index (Phi) is 3.59. The van der Waals surface area contributed by atoms with Gasteiger partial charge in [-0.25, -0.2) is 4.79 Å². The molecule has 1 N–H and O–H groups in total. The van der Waals surface area contributed by atoms with Crippen molar-refractivity contribution in [2.75, 3.05) is 6.54 Å². The minimum Gasteiger partial charge on any atom is -0.361 e. The van der Waals surface area contributed by atoms with Crippen LogP contribution in [-0.4, -0.2) is 28.7 Å². The van der Waals surface area contributed by atoms with Gasteiger partial charge in [-0.3, -0.25) is 0 Å². The second kappa shape index (κ2) is 5.00. The van der Waals surface area contributed by atoms with Crippen LogP contribution in [0.5, 0.6) is 0 Å². The van der Waals surface area contributed by atoms with Gasteiger partial charge in [-0.05, 0) is 40.5 Å². The number of likely N-dealkylation sites (tertiary alicyclic amines) is 1. The zero-order valence-electron chi connectivity index (χ0n) is 11.5. The minimum absolute atomic E-state index is 0.00694. The van der Waals surface area contributed by atoms with Crippen molar-refractivity contribution in [3.63, 3.8) is 0 Å². The lowest BCUT2D eigenvalue weighted by Crippen LogP contribution is -2.42. The van der Waals surface area contributed by atoms with E-state index in [-0.39, 0.29) is 18.1 Å². The molecule has 0 bridgehead atoms. The molecule has 1 aliphatic heterocycles. The minimum atomic E-state index is 0.00694. The van der Waals surface area contributed by atoms with Crippen LogP contribution in [-0.2, 0) is 0 Å². The van der Waals surface area contributed by atoms with E-state index in [9.17, 15) is 4.79 Å². The largest absolute Gasteiger partial charge is 0.361 e. The van der Waals surface area contributed by atoms with Crippen molar-refractivity contribution in [3.8, 4) is 0 Å². The van der Waals surface area contributed by atoms with Gasteiger partial charge >= 0.3 is 6.03 Å². The third-order valence-electron chi connectivity index (χ3n) is 3.35. The van der Waals surface area contributed by atoms with E-state index in [1.807, 2.05) is 32.6 Å². The van der Waals surface area contributed by atoms with Crippen molar-refractivity contribution in [2.24, 2.45) is 0 Å². The number of carbonyl (C=O) groups is 1. The van der Waals surface area contributed by atoms with Crippen LogP contribution in [0.3, 0.4) is 0 Å². The number of aryl methyl sites for hydroxylation is 2. The lowest BCUT2D eigenvalue weighted by molar-refractivity contribution is 0.190. The Morgan fingerprint density at radius 1 is 1.50 bits per heavy atom. The highest BCUT2D eigenvalue weighted by atomic mass is 16.5. The first-order valence-corrected chi connectivity index (χ1v) is 6.50. The second-order valence-corrected chi connectivity index (χ2v) is 5.19. The van der Waals surface area contributed by atoms with E-state index in [1.165, 1.54) is 0 Å². The number of carbonyl (C=O) groups excluding carboxylic acids is 1. The molecule has 0 unspecified atom stereocenters. The molecule has 2 heterocycles. The molecule has 1 fully saturated rings. The molecule has 0 aromatic carbocycles. The van der Waals surface area contributed by atoms with Crippen LogP contribution in [0.15, 0.2) is 4.52 Å². The number of hydrogen-bond donors (Lipinski definition) is 1. The van der Waals surface area contributed by atoms with Crippen molar-refractivity contribution in [1.29, 1.82) is 0 Å². The Morgan fingerprint density at radius 3 is 2.78 bits per heavy atom. The van der Waals surface area contributed by atoms with Gasteiger partial charge in [-0.2, -0.15) is 0 Å². The normalized spacial score (nSPS) is 19.6. The molecule has 1 atom stereocenters. The fraction of sp³-hybridized carbons (Fsp3) is 0.692. The van der Waals surface area contributed by atoms with Gasteiger partial charge in [0.2, 0.25) is 0 Å². The summed E-state index contributed by atoms with van der Waals surface area (Å²) in [7, 11) is 0. The van der Waals surface area contributed by atoms with Crippen LogP contribution in [0.2, 0.25) is 0 Å². The first-order chi connectivity index (χ1) is 8.50. The Hall–Kier alpha value is -1.52. The molecule has 1 saturated heterocycles. The zero-order chi connectivity index (χ0) is 13.3. The Labute approximate surface area is 108 Å².